The van der Waals surface area contributed by atoms with Gasteiger partial charge in [0.25, 0.3) is 0 Å². The topological polar surface area (TPSA) is 84.7 Å². The molecule has 2 rings (SSSR count). The largest absolute Gasteiger partial charge is 0.398 e. The van der Waals surface area contributed by atoms with E-state index in [9.17, 15) is 8.42 Å². The molecule has 1 aromatic carbocycles. The molecule has 1 saturated heterocycles. The second-order valence-electron chi connectivity index (χ2n) is 4.92. The van der Waals surface area contributed by atoms with Gasteiger partial charge in [-0.1, -0.05) is 22.9 Å². The average molecular weight is 378 g/mol. The number of benzene rings is 1. The lowest BCUT2D eigenvalue weighted by molar-refractivity contribution is -0.0229. The van der Waals surface area contributed by atoms with E-state index in [4.69, 9.17) is 10.5 Å². The molecule has 21 heavy (non-hydrogen) atoms. The van der Waals surface area contributed by atoms with Crippen molar-refractivity contribution in [2.24, 2.45) is 0 Å². The lowest BCUT2D eigenvalue weighted by Crippen LogP contribution is -2.47. The van der Waals surface area contributed by atoms with E-state index in [2.05, 4.69) is 32.5 Å². The Bertz CT molecular complexity index is 594. The van der Waals surface area contributed by atoms with Crippen LogP contribution in [0.1, 0.15) is 6.92 Å². The molecule has 8 heteroatoms. The van der Waals surface area contributed by atoms with Crippen molar-refractivity contribution in [3.63, 3.8) is 0 Å². The van der Waals surface area contributed by atoms with E-state index in [1.54, 1.807) is 12.1 Å². The van der Waals surface area contributed by atoms with Gasteiger partial charge in [0.2, 0.25) is 10.0 Å². The Morgan fingerprint density at radius 3 is 3.00 bits per heavy atom. The smallest absolute Gasteiger partial charge is 0.242 e. The van der Waals surface area contributed by atoms with Gasteiger partial charge in [-0.2, -0.15) is 0 Å². The van der Waals surface area contributed by atoms with Crippen LogP contribution >= 0.6 is 15.9 Å². The number of halogens is 1. The van der Waals surface area contributed by atoms with Crippen LogP contribution in [0.25, 0.3) is 0 Å². The fourth-order valence-corrected chi connectivity index (χ4v) is 3.95. The van der Waals surface area contributed by atoms with Crippen molar-refractivity contribution in [2.45, 2.75) is 17.9 Å². The molecular formula is C13H20BrN3O3S. The first kappa shape index (κ1) is 16.7. The minimum atomic E-state index is -3.64. The molecule has 0 spiro atoms. The quantitative estimate of drug-likeness (QED) is 0.748. The maximum absolute atomic E-state index is 12.3. The molecule has 0 saturated carbocycles. The molecule has 3 N–H and O–H groups in total. The van der Waals surface area contributed by atoms with Crippen LogP contribution in [-0.2, 0) is 14.8 Å². The first-order valence-electron chi connectivity index (χ1n) is 6.81. The first-order chi connectivity index (χ1) is 9.92. The number of hydrogen-bond acceptors (Lipinski definition) is 5. The average Bonchev–Trinajstić information content (AvgIpc) is 2.48. The fourth-order valence-electron chi connectivity index (χ4n) is 2.21. The molecule has 1 aromatic rings. The first-order valence-corrected chi connectivity index (χ1v) is 9.08. The summed E-state index contributed by atoms with van der Waals surface area (Å²) in [4.78, 5) is 2.32. The van der Waals surface area contributed by atoms with Crippen molar-refractivity contribution in [2.75, 3.05) is 38.5 Å². The number of nitrogens with zero attached hydrogens (tertiary/aromatic N) is 1. The molecule has 1 aliphatic heterocycles. The standard InChI is InChI=1S/C13H20BrN3O3S/c1-2-17-5-6-20-11(9-17)8-16-21(18,19)13-7-10(14)3-4-12(13)15/h3-4,7,11,16H,2,5-6,8-9,15H2,1H3. The van der Waals surface area contributed by atoms with Crippen LogP contribution in [0.15, 0.2) is 27.6 Å². The zero-order valence-electron chi connectivity index (χ0n) is 11.9. The number of likely N-dealkylation sites (N-methyl/N-ethyl adjacent to an activating group) is 1. The number of rotatable bonds is 5. The number of ether oxygens (including phenoxy) is 1. The van der Waals surface area contributed by atoms with Crippen LogP contribution in [0.5, 0.6) is 0 Å². The summed E-state index contributed by atoms with van der Waals surface area (Å²) in [5.41, 5.74) is 5.98. The van der Waals surface area contributed by atoms with Crippen LogP contribution in [0.2, 0.25) is 0 Å². The van der Waals surface area contributed by atoms with E-state index in [0.29, 0.717) is 11.1 Å². The van der Waals surface area contributed by atoms with Gasteiger partial charge in [0.1, 0.15) is 4.90 Å². The summed E-state index contributed by atoms with van der Waals surface area (Å²) < 4.78 is 33.5. The lowest BCUT2D eigenvalue weighted by Gasteiger charge is -2.32. The SMILES string of the molecule is CCN1CCOC(CNS(=O)(=O)c2cc(Br)ccc2N)C1. The Kier molecular flexibility index (Phi) is 5.61. The zero-order valence-corrected chi connectivity index (χ0v) is 14.3. The van der Waals surface area contributed by atoms with Crippen molar-refractivity contribution in [3.8, 4) is 0 Å². The van der Waals surface area contributed by atoms with Crippen molar-refractivity contribution in [1.29, 1.82) is 0 Å². The van der Waals surface area contributed by atoms with Gasteiger partial charge >= 0.3 is 0 Å². The summed E-state index contributed by atoms with van der Waals surface area (Å²) in [6.07, 6.45) is -0.137. The molecule has 1 heterocycles. The monoisotopic (exact) mass is 377 g/mol. The summed E-state index contributed by atoms with van der Waals surface area (Å²) in [6, 6.07) is 4.77. The van der Waals surface area contributed by atoms with Crippen LogP contribution < -0.4 is 10.5 Å². The second-order valence-corrected chi connectivity index (χ2v) is 7.57. The van der Waals surface area contributed by atoms with E-state index in [1.807, 2.05) is 0 Å². The van der Waals surface area contributed by atoms with Crippen molar-refractivity contribution in [1.82, 2.24) is 9.62 Å². The third-order valence-electron chi connectivity index (χ3n) is 3.44. The highest BCUT2D eigenvalue weighted by Crippen LogP contribution is 2.22. The van der Waals surface area contributed by atoms with Gasteiger partial charge in [-0.3, -0.25) is 4.90 Å². The highest BCUT2D eigenvalue weighted by atomic mass is 79.9. The van der Waals surface area contributed by atoms with Gasteiger partial charge in [0.05, 0.1) is 18.4 Å². The number of hydrogen-bond donors (Lipinski definition) is 2. The van der Waals surface area contributed by atoms with Crippen molar-refractivity contribution < 1.29 is 13.2 Å². The van der Waals surface area contributed by atoms with E-state index in [0.717, 1.165) is 19.6 Å². The van der Waals surface area contributed by atoms with Crippen molar-refractivity contribution >= 4 is 31.6 Å². The Hall–Kier alpha value is -0.670. The van der Waals surface area contributed by atoms with E-state index in [-0.39, 0.29) is 23.2 Å². The number of nitrogens with one attached hydrogen (secondary N) is 1. The lowest BCUT2D eigenvalue weighted by atomic mass is 10.3. The zero-order chi connectivity index (χ0) is 15.5. The Labute approximate surface area is 133 Å². The molecule has 6 nitrogen and oxygen atoms in total. The maximum Gasteiger partial charge on any atom is 0.242 e. The number of sulfonamides is 1. The summed E-state index contributed by atoms with van der Waals surface area (Å²) in [6.45, 7) is 5.50. The number of anilines is 1. The van der Waals surface area contributed by atoms with Gasteiger partial charge in [-0.05, 0) is 24.7 Å². The number of morpholine rings is 1. The van der Waals surface area contributed by atoms with E-state index < -0.39 is 10.0 Å². The minimum absolute atomic E-state index is 0.0834. The molecule has 0 bridgehead atoms. The third kappa shape index (κ3) is 4.40. The molecule has 0 aromatic heterocycles. The maximum atomic E-state index is 12.3. The summed E-state index contributed by atoms with van der Waals surface area (Å²) in [7, 11) is -3.64. The third-order valence-corrected chi connectivity index (χ3v) is 5.41. The molecule has 0 amide bonds. The normalized spacial score (nSPS) is 20.6. The molecule has 0 radical (unpaired) electrons. The van der Waals surface area contributed by atoms with Gasteiger partial charge in [-0.15, -0.1) is 0 Å². The second kappa shape index (κ2) is 7.06. The van der Waals surface area contributed by atoms with Gasteiger partial charge in [0, 0.05) is 24.1 Å². The molecule has 1 fully saturated rings. The predicted octanol–water partition coefficient (Wildman–Crippen LogP) is 1.03. The summed E-state index contributed by atoms with van der Waals surface area (Å²) in [5, 5.41) is 0. The van der Waals surface area contributed by atoms with E-state index >= 15 is 0 Å². The van der Waals surface area contributed by atoms with Gasteiger partial charge < -0.3 is 10.5 Å². The Balaban J connectivity index is 2.03. The number of nitrogens with two attached hydrogens (primary N) is 1. The van der Waals surface area contributed by atoms with Crippen LogP contribution in [0, 0.1) is 0 Å². The molecule has 1 aliphatic rings. The molecule has 118 valence electrons. The van der Waals surface area contributed by atoms with Crippen molar-refractivity contribution in [3.05, 3.63) is 22.7 Å². The molecular weight excluding hydrogens is 358 g/mol. The van der Waals surface area contributed by atoms with Gasteiger partial charge in [0.15, 0.2) is 0 Å². The fraction of sp³-hybridized carbons (Fsp3) is 0.538. The summed E-state index contributed by atoms with van der Waals surface area (Å²) >= 11 is 3.25. The van der Waals surface area contributed by atoms with Crippen LogP contribution in [-0.4, -0.2) is 52.2 Å². The van der Waals surface area contributed by atoms with E-state index in [1.165, 1.54) is 6.07 Å². The summed E-state index contributed by atoms with van der Waals surface area (Å²) in [5.74, 6) is 0. The Morgan fingerprint density at radius 1 is 1.52 bits per heavy atom. The van der Waals surface area contributed by atoms with Gasteiger partial charge in [-0.25, -0.2) is 13.1 Å². The van der Waals surface area contributed by atoms with Crippen LogP contribution in [0.3, 0.4) is 0 Å². The van der Waals surface area contributed by atoms with Crippen LogP contribution in [0.4, 0.5) is 5.69 Å². The highest BCUT2D eigenvalue weighted by Gasteiger charge is 2.23. The Morgan fingerprint density at radius 2 is 2.29 bits per heavy atom. The minimum Gasteiger partial charge on any atom is -0.398 e. The predicted molar refractivity (Wildman–Crippen MR) is 85.6 cm³/mol. The molecule has 1 unspecified atom stereocenters. The highest BCUT2D eigenvalue weighted by molar-refractivity contribution is 9.10. The molecule has 1 atom stereocenters. The molecule has 0 aliphatic carbocycles. The number of nitrogen functional groups attached to an aromatic ring is 1.